The minimum Gasteiger partial charge on any atom is -0.360 e. The molecule has 126 valence electrons. The summed E-state index contributed by atoms with van der Waals surface area (Å²) in [5.74, 6) is 0.391. The molecule has 1 fully saturated rings. The van der Waals surface area contributed by atoms with Crippen molar-refractivity contribution in [2.75, 3.05) is 16.8 Å². The first kappa shape index (κ1) is 15.4. The van der Waals surface area contributed by atoms with Crippen LogP contribution in [0, 0.1) is 0 Å². The summed E-state index contributed by atoms with van der Waals surface area (Å²) in [5.41, 5.74) is 1.99. The summed E-state index contributed by atoms with van der Waals surface area (Å²) in [4.78, 5) is 15.0. The fraction of sp³-hybridized carbons (Fsp3) is 0.211. The summed E-state index contributed by atoms with van der Waals surface area (Å²) in [6.07, 6.45) is 3.44. The molecule has 6 nitrogen and oxygen atoms in total. The highest BCUT2D eigenvalue weighted by atomic mass is 16.2. The molecule has 0 spiro atoms. The lowest BCUT2D eigenvalue weighted by Crippen LogP contribution is -2.40. The minimum atomic E-state index is -0.191. The summed E-state index contributed by atoms with van der Waals surface area (Å²) < 4.78 is 1.78. The number of para-hydroxylation sites is 2. The number of hydrogen-bond acceptors (Lipinski definition) is 4. The fourth-order valence-electron chi connectivity index (χ4n) is 3.26. The third-order valence-corrected chi connectivity index (χ3v) is 4.46. The van der Waals surface area contributed by atoms with Crippen molar-refractivity contribution in [2.45, 2.75) is 18.9 Å². The van der Waals surface area contributed by atoms with E-state index in [1.165, 1.54) is 0 Å². The van der Waals surface area contributed by atoms with Gasteiger partial charge < -0.3 is 4.90 Å². The number of rotatable bonds is 4. The maximum Gasteiger partial charge on any atom is 0.249 e. The van der Waals surface area contributed by atoms with Crippen molar-refractivity contribution in [2.24, 2.45) is 0 Å². The fourth-order valence-corrected chi connectivity index (χ4v) is 3.26. The van der Waals surface area contributed by atoms with Gasteiger partial charge in [0.2, 0.25) is 11.9 Å². The van der Waals surface area contributed by atoms with Crippen molar-refractivity contribution in [3.63, 3.8) is 0 Å². The van der Waals surface area contributed by atoms with Crippen molar-refractivity contribution >= 4 is 17.5 Å². The molecule has 25 heavy (non-hydrogen) atoms. The Bertz CT molecular complexity index is 847. The summed E-state index contributed by atoms with van der Waals surface area (Å²) >= 11 is 0. The van der Waals surface area contributed by atoms with Crippen LogP contribution in [0.15, 0.2) is 67.0 Å². The van der Waals surface area contributed by atoms with E-state index < -0.39 is 0 Å². The van der Waals surface area contributed by atoms with Gasteiger partial charge >= 0.3 is 0 Å². The average molecular weight is 333 g/mol. The highest BCUT2D eigenvalue weighted by Crippen LogP contribution is 2.26. The quantitative estimate of drug-likeness (QED) is 0.797. The topological polar surface area (TPSA) is 63.1 Å². The largest absolute Gasteiger partial charge is 0.360 e. The highest BCUT2D eigenvalue weighted by Gasteiger charge is 2.31. The van der Waals surface area contributed by atoms with Crippen LogP contribution in [0.2, 0.25) is 0 Å². The number of nitrogens with zero attached hydrogens (tertiary/aromatic N) is 4. The van der Waals surface area contributed by atoms with Gasteiger partial charge in [0, 0.05) is 12.2 Å². The van der Waals surface area contributed by atoms with Crippen LogP contribution in [-0.4, -0.2) is 33.3 Å². The summed E-state index contributed by atoms with van der Waals surface area (Å²) in [7, 11) is 0. The Labute approximate surface area is 146 Å². The maximum atomic E-state index is 12.8. The molecular weight excluding hydrogens is 314 g/mol. The molecule has 0 radical (unpaired) electrons. The number of amides is 1. The molecule has 0 saturated carbocycles. The van der Waals surface area contributed by atoms with E-state index in [4.69, 9.17) is 0 Å². The van der Waals surface area contributed by atoms with Crippen molar-refractivity contribution in [3.05, 3.63) is 67.0 Å². The number of benzene rings is 2. The normalized spacial score (nSPS) is 16.8. The van der Waals surface area contributed by atoms with Gasteiger partial charge in [0.1, 0.15) is 12.4 Å². The molecule has 1 atom stereocenters. The second-order valence-electron chi connectivity index (χ2n) is 6.04. The smallest absolute Gasteiger partial charge is 0.249 e. The standard InChI is InChI=1S/C19H19N5O/c25-18(17-12-7-13-23(17)15-8-3-1-4-9-15)21-19-22-20-14-24(19)16-10-5-2-6-11-16/h1-6,8-11,14,17H,7,12-13H2,(H,21,22,25)/t17-/m0/s1. The van der Waals surface area contributed by atoms with E-state index in [0.29, 0.717) is 5.95 Å². The minimum absolute atomic E-state index is 0.0495. The van der Waals surface area contributed by atoms with Crippen LogP contribution in [-0.2, 0) is 4.79 Å². The monoisotopic (exact) mass is 333 g/mol. The zero-order valence-electron chi connectivity index (χ0n) is 13.7. The molecule has 2 heterocycles. The lowest BCUT2D eigenvalue weighted by molar-refractivity contribution is -0.117. The molecule has 0 unspecified atom stereocenters. The van der Waals surface area contributed by atoms with Crippen LogP contribution in [0.5, 0.6) is 0 Å². The predicted molar refractivity (Wildman–Crippen MR) is 96.8 cm³/mol. The van der Waals surface area contributed by atoms with E-state index in [-0.39, 0.29) is 11.9 Å². The zero-order chi connectivity index (χ0) is 17.1. The summed E-state index contributed by atoms with van der Waals surface area (Å²) in [6.45, 7) is 0.882. The van der Waals surface area contributed by atoms with Crippen LogP contribution >= 0.6 is 0 Å². The van der Waals surface area contributed by atoms with Gasteiger partial charge in [-0.1, -0.05) is 36.4 Å². The SMILES string of the molecule is O=C(Nc1nncn1-c1ccccc1)[C@@H]1CCCN1c1ccccc1. The molecule has 1 N–H and O–H groups in total. The molecular formula is C19H19N5O. The molecule has 4 rings (SSSR count). The number of hydrogen-bond donors (Lipinski definition) is 1. The molecule has 2 aromatic carbocycles. The molecule has 3 aromatic rings. The van der Waals surface area contributed by atoms with Crippen LogP contribution in [0.25, 0.3) is 5.69 Å². The van der Waals surface area contributed by atoms with Crippen LogP contribution < -0.4 is 10.2 Å². The van der Waals surface area contributed by atoms with Gasteiger partial charge in [0.05, 0.1) is 5.69 Å². The van der Waals surface area contributed by atoms with Crippen LogP contribution in [0.4, 0.5) is 11.6 Å². The highest BCUT2D eigenvalue weighted by molar-refractivity contribution is 5.96. The lowest BCUT2D eigenvalue weighted by Gasteiger charge is -2.25. The Kier molecular flexibility index (Phi) is 4.16. The second kappa shape index (κ2) is 6.76. The zero-order valence-corrected chi connectivity index (χ0v) is 13.7. The first-order valence-electron chi connectivity index (χ1n) is 8.41. The van der Waals surface area contributed by atoms with E-state index in [2.05, 4.69) is 20.4 Å². The number of aromatic nitrogens is 3. The van der Waals surface area contributed by atoms with Crippen molar-refractivity contribution in [1.82, 2.24) is 14.8 Å². The second-order valence-corrected chi connectivity index (χ2v) is 6.04. The van der Waals surface area contributed by atoms with E-state index in [1.54, 1.807) is 10.9 Å². The molecule has 1 aliphatic heterocycles. The van der Waals surface area contributed by atoms with Gasteiger partial charge in [0.15, 0.2) is 0 Å². The first-order chi connectivity index (χ1) is 12.3. The van der Waals surface area contributed by atoms with E-state index in [0.717, 1.165) is 30.8 Å². The van der Waals surface area contributed by atoms with E-state index in [9.17, 15) is 4.79 Å². The van der Waals surface area contributed by atoms with Crippen molar-refractivity contribution < 1.29 is 4.79 Å². The van der Waals surface area contributed by atoms with Gasteiger partial charge in [-0.15, -0.1) is 10.2 Å². The summed E-state index contributed by atoms with van der Waals surface area (Å²) in [5, 5.41) is 10.9. The first-order valence-corrected chi connectivity index (χ1v) is 8.41. The van der Waals surface area contributed by atoms with Gasteiger partial charge in [0.25, 0.3) is 0 Å². The molecule has 6 heteroatoms. The number of carbonyl (C=O) groups excluding carboxylic acids is 1. The van der Waals surface area contributed by atoms with Crippen LogP contribution in [0.1, 0.15) is 12.8 Å². The third kappa shape index (κ3) is 3.10. The maximum absolute atomic E-state index is 12.8. The van der Waals surface area contributed by atoms with Crippen molar-refractivity contribution in [1.29, 1.82) is 0 Å². The molecule has 1 amide bonds. The molecule has 1 aromatic heterocycles. The van der Waals surface area contributed by atoms with E-state index >= 15 is 0 Å². The Morgan fingerprint density at radius 1 is 1.00 bits per heavy atom. The number of nitrogens with one attached hydrogen (secondary N) is 1. The Hall–Kier alpha value is -3.15. The Morgan fingerprint density at radius 3 is 2.40 bits per heavy atom. The van der Waals surface area contributed by atoms with Gasteiger partial charge in [-0.3, -0.25) is 14.7 Å². The average Bonchev–Trinajstić information content (AvgIpc) is 3.32. The molecule has 1 saturated heterocycles. The summed E-state index contributed by atoms with van der Waals surface area (Å²) in [6, 6.07) is 19.6. The Morgan fingerprint density at radius 2 is 1.68 bits per heavy atom. The predicted octanol–water partition coefficient (Wildman–Crippen LogP) is 2.87. The van der Waals surface area contributed by atoms with Gasteiger partial charge in [-0.2, -0.15) is 0 Å². The lowest BCUT2D eigenvalue weighted by atomic mass is 10.2. The molecule has 0 aliphatic carbocycles. The third-order valence-electron chi connectivity index (χ3n) is 4.46. The van der Waals surface area contributed by atoms with Gasteiger partial charge in [-0.25, -0.2) is 0 Å². The number of carbonyl (C=O) groups is 1. The van der Waals surface area contributed by atoms with Gasteiger partial charge in [-0.05, 0) is 37.1 Å². The molecule has 0 bridgehead atoms. The Balaban J connectivity index is 1.54. The van der Waals surface area contributed by atoms with Crippen LogP contribution in [0.3, 0.4) is 0 Å². The molecule has 1 aliphatic rings. The number of anilines is 2. The van der Waals surface area contributed by atoms with E-state index in [1.807, 2.05) is 60.7 Å². The van der Waals surface area contributed by atoms with Crippen molar-refractivity contribution in [3.8, 4) is 5.69 Å².